The Labute approximate surface area is 161 Å². The standard InChI is InChI=1S/3C7H16O.CH4/c3*1-5-6-8-7(2,3)4;/h3*5-6H2,1-4H3;1H4. The molecule has 0 aliphatic heterocycles. The number of ether oxygens (including phenoxy) is 3. The molecule has 0 amide bonds. The van der Waals surface area contributed by atoms with E-state index < -0.39 is 0 Å². The summed E-state index contributed by atoms with van der Waals surface area (Å²) in [4.78, 5) is 0. The summed E-state index contributed by atoms with van der Waals surface area (Å²) in [6, 6.07) is 0. The van der Waals surface area contributed by atoms with Gasteiger partial charge >= 0.3 is 0 Å². The maximum atomic E-state index is 5.38. The zero-order valence-corrected chi connectivity index (χ0v) is 19.0. The third kappa shape index (κ3) is 51.6. The highest BCUT2D eigenvalue weighted by atomic mass is 16.5. The summed E-state index contributed by atoms with van der Waals surface area (Å²) in [5.74, 6) is 0. The van der Waals surface area contributed by atoms with Gasteiger partial charge in [0.15, 0.2) is 0 Å². The van der Waals surface area contributed by atoms with Gasteiger partial charge in [-0.3, -0.25) is 0 Å². The Morgan fingerprint density at radius 2 is 0.600 bits per heavy atom. The molecule has 0 heterocycles. The number of rotatable bonds is 6. The second-order valence-electron chi connectivity index (χ2n) is 8.88. The van der Waals surface area contributed by atoms with E-state index in [0.717, 1.165) is 39.1 Å². The molecule has 0 radical (unpaired) electrons. The van der Waals surface area contributed by atoms with E-state index in [1.807, 2.05) is 0 Å². The molecule has 0 rings (SSSR count). The van der Waals surface area contributed by atoms with Gasteiger partial charge in [-0.05, 0) is 81.6 Å². The third-order valence-electron chi connectivity index (χ3n) is 2.22. The SMILES string of the molecule is C.CCCOC(C)(C)C.CCCOC(C)(C)C.CCCOC(C)(C)C. The smallest absolute Gasteiger partial charge is 0.0598 e. The second kappa shape index (κ2) is 17.3. The Morgan fingerprint density at radius 3 is 0.640 bits per heavy atom. The van der Waals surface area contributed by atoms with Gasteiger partial charge in [-0.2, -0.15) is 0 Å². The van der Waals surface area contributed by atoms with Gasteiger partial charge in [0.2, 0.25) is 0 Å². The van der Waals surface area contributed by atoms with E-state index in [0.29, 0.717) is 0 Å². The van der Waals surface area contributed by atoms with Crippen molar-refractivity contribution in [1.29, 1.82) is 0 Å². The summed E-state index contributed by atoms with van der Waals surface area (Å²) in [5, 5.41) is 0. The van der Waals surface area contributed by atoms with Crippen LogP contribution in [-0.4, -0.2) is 36.6 Å². The summed E-state index contributed by atoms with van der Waals surface area (Å²) in [6.07, 6.45) is 3.33. The minimum absolute atomic E-state index is 0. The van der Waals surface area contributed by atoms with Crippen LogP contribution in [0.2, 0.25) is 0 Å². The Kier molecular flexibility index (Phi) is 22.5. The van der Waals surface area contributed by atoms with Gasteiger partial charge in [-0.25, -0.2) is 0 Å². The van der Waals surface area contributed by atoms with Crippen molar-refractivity contribution in [2.75, 3.05) is 19.8 Å². The lowest BCUT2D eigenvalue weighted by Gasteiger charge is -2.18. The molecular weight excluding hydrogens is 312 g/mol. The summed E-state index contributed by atoms with van der Waals surface area (Å²) in [7, 11) is 0. The zero-order valence-electron chi connectivity index (χ0n) is 19.0. The molecule has 3 heteroatoms. The molecule has 0 N–H and O–H groups in total. The topological polar surface area (TPSA) is 27.7 Å². The zero-order chi connectivity index (χ0) is 19.9. The quantitative estimate of drug-likeness (QED) is 0.496. The molecule has 158 valence electrons. The largest absolute Gasteiger partial charge is 0.376 e. The van der Waals surface area contributed by atoms with E-state index in [9.17, 15) is 0 Å². The molecule has 0 bridgehead atoms. The van der Waals surface area contributed by atoms with Gasteiger partial charge in [-0.15, -0.1) is 0 Å². The van der Waals surface area contributed by atoms with Crippen LogP contribution in [0.3, 0.4) is 0 Å². The normalized spacial score (nSPS) is 11.5. The van der Waals surface area contributed by atoms with Gasteiger partial charge in [0.1, 0.15) is 0 Å². The van der Waals surface area contributed by atoms with Crippen molar-refractivity contribution in [1.82, 2.24) is 0 Å². The molecule has 0 spiro atoms. The predicted octanol–water partition coefficient (Wildman–Crippen LogP) is 7.27. The maximum Gasteiger partial charge on any atom is 0.0598 e. The first-order valence-electron chi connectivity index (χ1n) is 9.60. The fourth-order valence-electron chi connectivity index (χ4n) is 1.22. The highest BCUT2D eigenvalue weighted by Crippen LogP contribution is 2.07. The second-order valence-corrected chi connectivity index (χ2v) is 8.88. The van der Waals surface area contributed by atoms with Crippen LogP contribution in [0.25, 0.3) is 0 Å². The molecule has 0 aromatic rings. The first kappa shape index (κ1) is 32.5. The Bertz CT molecular complexity index is 199. The van der Waals surface area contributed by atoms with Gasteiger partial charge in [0, 0.05) is 19.8 Å². The molecule has 0 aromatic heterocycles. The number of hydrogen-bond donors (Lipinski definition) is 0. The van der Waals surface area contributed by atoms with E-state index in [-0.39, 0.29) is 24.2 Å². The van der Waals surface area contributed by atoms with Crippen LogP contribution >= 0.6 is 0 Å². The summed E-state index contributed by atoms with van der Waals surface area (Å²) in [5.41, 5.74) is 0.155. The molecule has 0 unspecified atom stereocenters. The molecule has 0 saturated carbocycles. The number of hydrogen-bond acceptors (Lipinski definition) is 3. The monoisotopic (exact) mass is 364 g/mol. The summed E-state index contributed by atoms with van der Waals surface area (Å²) in [6.45, 7) is 27.6. The molecule has 3 nitrogen and oxygen atoms in total. The maximum absolute atomic E-state index is 5.38. The molecule has 0 saturated heterocycles. The van der Waals surface area contributed by atoms with Gasteiger partial charge in [0.05, 0.1) is 16.8 Å². The van der Waals surface area contributed by atoms with Crippen molar-refractivity contribution in [3.8, 4) is 0 Å². The van der Waals surface area contributed by atoms with Crippen LogP contribution in [0.15, 0.2) is 0 Å². The van der Waals surface area contributed by atoms with Crippen LogP contribution < -0.4 is 0 Å². The van der Waals surface area contributed by atoms with E-state index in [4.69, 9.17) is 14.2 Å². The van der Waals surface area contributed by atoms with E-state index in [2.05, 4.69) is 83.1 Å². The summed E-state index contributed by atoms with van der Waals surface area (Å²) >= 11 is 0. The van der Waals surface area contributed by atoms with Crippen LogP contribution in [-0.2, 0) is 14.2 Å². The van der Waals surface area contributed by atoms with Crippen LogP contribution in [0, 0.1) is 0 Å². The lowest BCUT2D eigenvalue weighted by Crippen LogP contribution is -2.19. The molecule has 0 atom stereocenters. The van der Waals surface area contributed by atoms with Gasteiger partial charge in [-0.1, -0.05) is 28.2 Å². The van der Waals surface area contributed by atoms with Crippen LogP contribution in [0.1, 0.15) is 110 Å². The molecule has 0 aliphatic rings. The molecule has 25 heavy (non-hydrogen) atoms. The van der Waals surface area contributed by atoms with Gasteiger partial charge in [0.25, 0.3) is 0 Å². The van der Waals surface area contributed by atoms with Crippen LogP contribution in [0.4, 0.5) is 0 Å². The fourth-order valence-corrected chi connectivity index (χ4v) is 1.22. The van der Waals surface area contributed by atoms with E-state index in [1.165, 1.54) is 0 Å². The lowest BCUT2D eigenvalue weighted by molar-refractivity contribution is -0.00271. The van der Waals surface area contributed by atoms with Crippen molar-refractivity contribution in [3.05, 3.63) is 0 Å². The predicted molar refractivity (Wildman–Crippen MR) is 115 cm³/mol. The first-order chi connectivity index (χ1) is 10.7. The highest BCUT2D eigenvalue weighted by molar-refractivity contribution is 4.58. The average Bonchev–Trinajstić information content (AvgIpc) is 2.39. The van der Waals surface area contributed by atoms with Crippen molar-refractivity contribution >= 4 is 0 Å². The van der Waals surface area contributed by atoms with E-state index >= 15 is 0 Å². The van der Waals surface area contributed by atoms with Crippen molar-refractivity contribution in [2.24, 2.45) is 0 Å². The van der Waals surface area contributed by atoms with Crippen molar-refractivity contribution < 1.29 is 14.2 Å². The Balaban J connectivity index is -0.000000130. The highest BCUT2D eigenvalue weighted by Gasteiger charge is 2.08. The molecule has 0 aromatic carbocycles. The van der Waals surface area contributed by atoms with Crippen molar-refractivity contribution in [2.45, 2.75) is 127 Å². The lowest BCUT2D eigenvalue weighted by atomic mass is 10.2. The molecular formula is C22H52O3. The average molecular weight is 365 g/mol. The summed E-state index contributed by atoms with van der Waals surface area (Å²) < 4.78 is 16.1. The third-order valence-corrected chi connectivity index (χ3v) is 2.22. The molecule has 0 fully saturated rings. The minimum atomic E-state index is 0. The minimum Gasteiger partial charge on any atom is -0.376 e. The molecule has 0 aliphatic carbocycles. The Hall–Kier alpha value is -0.120. The Morgan fingerprint density at radius 1 is 0.440 bits per heavy atom. The van der Waals surface area contributed by atoms with Crippen molar-refractivity contribution in [3.63, 3.8) is 0 Å². The van der Waals surface area contributed by atoms with Crippen LogP contribution in [0.5, 0.6) is 0 Å². The van der Waals surface area contributed by atoms with Gasteiger partial charge < -0.3 is 14.2 Å². The van der Waals surface area contributed by atoms with E-state index in [1.54, 1.807) is 0 Å². The fraction of sp³-hybridized carbons (Fsp3) is 1.00. The first-order valence-corrected chi connectivity index (χ1v) is 9.60.